The van der Waals surface area contributed by atoms with Crippen LogP contribution >= 0.6 is 0 Å². The first kappa shape index (κ1) is 14.0. The van der Waals surface area contributed by atoms with Gasteiger partial charge in [0.25, 0.3) is 0 Å². The first-order chi connectivity index (χ1) is 8.31. The van der Waals surface area contributed by atoms with Crippen LogP contribution in [0.4, 0.5) is 18.9 Å². The number of carbonyl (C=O) groups excluding carboxylic acids is 1. The zero-order valence-corrected chi connectivity index (χ0v) is 9.45. The number of hydrogen-bond acceptors (Lipinski definition) is 3. The molecular weight excluding hydrogens is 249 g/mol. The monoisotopic (exact) mass is 260 g/mol. The van der Waals surface area contributed by atoms with E-state index in [0.29, 0.717) is 11.1 Å². The van der Waals surface area contributed by atoms with Gasteiger partial charge in [-0.3, -0.25) is 4.79 Å². The van der Waals surface area contributed by atoms with Gasteiger partial charge in [-0.15, -0.1) is 0 Å². The molecule has 0 saturated heterocycles. The molecular formula is C11H11F3N2O2. The number of nitrogens with zero attached hydrogens (tertiary/aromatic N) is 1. The molecule has 0 aliphatic rings. The maximum Gasteiger partial charge on any atom is 0.397 e. The molecule has 1 aromatic carbocycles. The van der Waals surface area contributed by atoms with E-state index in [1.54, 1.807) is 19.1 Å². The van der Waals surface area contributed by atoms with Gasteiger partial charge in [0.05, 0.1) is 6.21 Å². The normalized spacial score (nSPS) is 11.8. The number of aryl methyl sites for hydroxylation is 1. The van der Waals surface area contributed by atoms with Crippen molar-refractivity contribution >= 4 is 17.8 Å². The van der Waals surface area contributed by atoms with Gasteiger partial charge < -0.3 is 10.5 Å². The molecule has 7 heteroatoms. The van der Waals surface area contributed by atoms with Gasteiger partial charge in [-0.1, -0.05) is 17.3 Å². The molecule has 0 aliphatic carbocycles. The van der Waals surface area contributed by atoms with Crippen molar-refractivity contribution in [1.82, 2.24) is 0 Å². The molecule has 0 bridgehead atoms. The van der Waals surface area contributed by atoms with E-state index >= 15 is 0 Å². The van der Waals surface area contributed by atoms with Gasteiger partial charge in [0.15, 0.2) is 0 Å². The van der Waals surface area contributed by atoms with E-state index in [4.69, 9.17) is 5.21 Å². The molecule has 1 aromatic rings. The van der Waals surface area contributed by atoms with Crippen LogP contribution in [0.1, 0.15) is 17.5 Å². The minimum atomic E-state index is -4.54. The first-order valence-electron chi connectivity index (χ1n) is 4.96. The van der Waals surface area contributed by atoms with Crippen molar-refractivity contribution in [3.05, 3.63) is 29.3 Å². The van der Waals surface area contributed by atoms with Gasteiger partial charge in [-0.2, -0.15) is 13.2 Å². The van der Waals surface area contributed by atoms with Crippen molar-refractivity contribution in [3.63, 3.8) is 0 Å². The Morgan fingerprint density at radius 1 is 1.50 bits per heavy atom. The SMILES string of the molecule is Cc1ccc(C=NO)cc1NC(=O)CC(F)(F)F. The van der Waals surface area contributed by atoms with E-state index in [9.17, 15) is 18.0 Å². The van der Waals surface area contributed by atoms with Crippen molar-refractivity contribution < 1.29 is 23.2 Å². The average Bonchev–Trinajstić information content (AvgIpc) is 2.20. The number of anilines is 1. The molecule has 0 aromatic heterocycles. The molecule has 98 valence electrons. The van der Waals surface area contributed by atoms with Gasteiger partial charge in [-0.05, 0) is 24.1 Å². The molecule has 2 N–H and O–H groups in total. The zero-order valence-electron chi connectivity index (χ0n) is 9.45. The number of rotatable bonds is 3. The molecule has 0 heterocycles. The second kappa shape index (κ2) is 5.52. The molecule has 0 fully saturated rings. The molecule has 0 radical (unpaired) electrons. The number of hydrogen-bond donors (Lipinski definition) is 2. The smallest absolute Gasteiger partial charge is 0.397 e. The lowest BCUT2D eigenvalue weighted by atomic mass is 10.1. The van der Waals surface area contributed by atoms with Gasteiger partial charge in [0.2, 0.25) is 5.91 Å². The summed E-state index contributed by atoms with van der Waals surface area (Å²) in [6.07, 6.45) is -4.97. The van der Waals surface area contributed by atoms with E-state index in [0.717, 1.165) is 6.21 Å². The van der Waals surface area contributed by atoms with Crippen LogP contribution in [0.2, 0.25) is 0 Å². The van der Waals surface area contributed by atoms with Crippen LogP contribution in [0, 0.1) is 6.92 Å². The Labute approximate surface area is 101 Å². The summed E-state index contributed by atoms with van der Waals surface area (Å²) in [4.78, 5) is 11.1. The largest absolute Gasteiger partial charge is 0.411 e. The van der Waals surface area contributed by atoms with E-state index < -0.39 is 18.5 Å². The third-order valence-corrected chi connectivity index (χ3v) is 2.10. The Hall–Kier alpha value is -2.05. The van der Waals surface area contributed by atoms with Crippen molar-refractivity contribution in [2.45, 2.75) is 19.5 Å². The number of benzene rings is 1. The molecule has 0 aliphatic heterocycles. The summed E-state index contributed by atoms with van der Waals surface area (Å²) >= 11 is 0. The Kier molecular flexibility index (Phi) is 4.30. The van der Waals surface area contributed by atoms with Crippen LogP contribution in [0.5, 0.6) is 0 Å². The molecule has 18 heavy (non-hydrogen) atoms. The van der Waals surface area contributed by atoms with Crippen LogP contribution in [0.25, 0.3) is 0 Å². The van der Waals surface area contributed by atoms with E-state index in [1.807, 2.05) is 0 Å². The van der Waals surface area contributed by atoms with Gasteiger partial charge >= 0.3 is 6.18 Å². The van der Waals surface area contributed by atoms with Crippen LogP contribution in [-0.2, 0) is 4.79 Å². The maximum atomic E-state index is 12.0. The number of alkyl halides is 3. The maximum absolute atomic E-state index is 12.0. The summed E-state index contributed by atoms with van der Waals surface area (Å²) in [5.74, 6) is -1.14. The zero-order chi connectivity index (χ0) is 13.8. The number of amides is 1. The Bertz CT molecular complexity index is 470. The minimum Gasteiger partial charge on any atom is -0.411 e. The van der Waals surface area contributed by atoms with Crippen molar-refractivity contribution in [1.29, 1.82) is 0 Å². The summed E-state index contributed by atoms with van der Waals surface area (Å²) in [5.41, 5.74) is 1.33. The highest BCUT2D eigenvalue weighted by Gasteiger charge is 2.31. The number of nitrogens with one attached hydrogen (secondary N) is 1. The van der Waals surface area contributed by atoms with E-state index in [1.165, 1.54) is 6.07 Å². The van der Waals surface area contributed by atoms with E-state index in [2.05, 4.69) is 10.5 Å². The van der Waals surface area contributed by atoms with Crippen LogP contribution in [-0.4, -0.2) is 23.5 Å². The third-order valence-electron chi connectivity index (χ3n) is 2.10. The molecule has 0 atom stereocenters. The van der Waals surface area contributed by atoms with Crippen LogP contribution in [0.15, 0.2) is 23.4 Å². The standard InChI is InChI=1S/C11H11F3N2O2/c1-7-2-3-8(6-15-18)4-9(7)16-10(17)5-11(12,13)14/h2-4,6,18H,5H2,1H3,(H,16,17). The summed E-state index contributed by atoms with van der Waals surface area (Å²) in [7, 11) is 0. The molecule has 0 spiro atoms. The molecule has 1 rings (SSSR count). The number of carbonyl (C=O) groups is 1. The Morgan fingerprint density at radius 2 is 2.17 bits per heavy atom. The minimum absolute atomic E-state index is 0.252. The number of oxime groups is 1. The number of halogens is 3. The lowest BCUT2D eigenvalue weighted by Gasteiger charge is -2.10. The predicted molar refractivity (Wildman–Crippen MR) is 59.9 cm³/mol. The third kappa shape index (κ3) is 4.44. The fourth-order valence-electron chi connectivity index (χ4n) is 1.30. The topological polar surface area (TPSA) is 61.7 Å². The van der Waals surface area contributed by atoms with Crippen molar-refractivity contribution in [3.8, 4) is 0 Å². The van der Waals surface area contributed by atoms with Crippen LogP contribution < -0.4 is 5.32 Å². The summed E-state index contributed by atoms with van der Waals surface area (Å²) in [5, 5.41) is 13.3. The average molecular weight is 260 g/mol. The molecule has 0 unspecified atom stereocenters. The molecule has 1 amide bonds. The highest BCUT2D eigenvalue weighted by molar-refractivity contribution is 5.93. The lowest BCUT2D eigenvalue weighted by molar-refractivity contribution is -0.150. The molecule has 4 nitrogen and oxygen atoms in total. The summed E-state index contributed by atoms with van der Waals surface area (Å²) in [6.45, 7) is 1.64. The second-order valence-corrected chi connectivity index (χ2v) is 3.66. The quantitative estimate of drug-likeness (QED) is 0.498. The van der Waals surface area contributed by atoms with Crippen LogP contribution in [0.3, 0.4) is 0 Å². The second-order valence-electron chi connectivity index (χ2n) is 3.66. The Morgan fingerprint density at radius 3 is 2.72 bits per heavy atom. The fourth-order valence-corrected chi connectivity index (χ4v) is 1.30. The Balaban J connectivity index is 2.83. The molecule has 0 saturated carbocycles. The van der Waals surface area contributed by atoms with Gasteiger partial charge in [0.1, 0.15) is 6.42 Å². The highest BCUT2D eigenvalue weighted by Crippen LogP contribution is 2.22. The van der Waals surface area contributed by atoms with Gasteiger partial charge in [0, 0.05) is 5.69 Å². The highest BCUT2D eigenvalue weighted by atomic mass is 19.4. The van der Waals surface area contributed by atoms with Crippen molar-refractivity contribution in [2.75, 3.05) is 5.32 Å². The predicted octanol–water partition coefficient (Wildman–Crippen LogP) is 2.69. The first-order valence-corrected chi connectivity index (χ1v) is 4.96. The van der Waals surface area contributed by atoms with Gasteiger partial charge in [-0.25, -0.2) is 0 Å². The summed E-state index contributed by atoms with van der Waals surface area (Å²) in [6, 6.07) is 4.62. The fraction of sp³-hybridized carbons (Fsp3) is 0.273. The lowest BCUT2D eigenvalue weighted by Crippen LogP contribution is -2.21. The van der Waals surface area contributed by atoms with E-state index in [-0.39, 0.29) is 5.69 Å². The summed E-state index contributed by atoms with van der Waals surface area (Å²) < 4.78 is 36.0. The van der Waals surface area contributed by atoms with Crippen molar-refractivity contribution in [2.24, 2.45) is 5.16 Å².